The van der Waals surface area contributed by atoms with Gasteiger partial charge in [0.15, 0.2) is 0 Å². The Labute approximate surface area is 158 Å². The third-order valence-electron chi connectivity index (χ3n) is 4.86. The van der Waals surface area contributed by atoms with Crippen LogP contribution >= 0.6 is 0 Å². The van der Waals surface area contributed by atoms with E-state index in [1.165, 1.54) is 16.7 Å². The number of nitrogens with zero attached hydrogens (tertiary/aromatic N) is 2. The van der Waals surface area contributed by atoms with Crippen LogP contribution in [0.3, 0.4) is 0 Å². The SMILES string of the molecule is c1ccc(-c2ccc(-c3cccn4cc(-c5ccccc5)nc34)cc2)cc1. The van der Waals surface area contributed by atoms with Crippen LogP contribution < -0.4 is 0 Å². The lowest BCUT2D eigenvalue weighted by atomic mass is 10.0. The number of benzene rings is 3. The predicted molar refractivity (Wildman–Crippen MR) is 112 cm³/mol. The van der Waals surface area contributed by atoms with E-state index >= 15 is 0 Å². The Bertz CT molecular complexity index is 1190. The first-order chi connectivity index (χ1) is 13.4. The zero-order valence-corrected chi connectivity index (χ0v) is 14.8. The molecule has 0 aliphatic carbocycles. The van der Waals surface area contributed by atoms with Crippen molar-refractivity contribution in [3.05, 3.63) is 109 Å². The highest BCUT2D eigenvalue weighted by Crippen LogP contribution is 2.29. The van der Waals surface area contributed by atoms with Crippen LogP contribution in [-0.4, -0.2) is 9.38 Å². The van der Waals surface area contributed by atoms with E-state index < -0.39 is 0 Å². The zero-order chi connectivity index (χ0) is 18.1. The van der Waals surface area contributed by atoms with E-state index in [1.807, 2.05) is 24.3 Å². The molecule has 5 aromatic rings. The first-order valence-electron chi connectivity index (χ1n) is 9.07. The van der Waals surface area contributed by atoms with Crippen LogP contribution in [0.1, 0.15) is 0 Å². The summed E-state index contributed by atoms with van der Waals surface area (Å²) in [6.45, 7) is 0. The molecule has 0 unspecified atom stereocenters. The second kappa shape index (κ2) is 6.58. The summed E-state index contributed by atoms with van der Waals surface area (Å²) in [7, 11) is 0. The van der Waals surface area contributed by atoms with Gasteiger partial charge in [-0.15, -0.1) is 0 Å². The lowest BCUT2D eigenvalue weighted by Crippen LogP contribution is -1.87. The Balaban J connectivity index is 1.58. The Morgan fingerprint density at radius 3 is 1.81 bits per heavy atom. The zero-order valence-electron chi connectivity index (χ0n) is 14.8. The van der Waals surface area contributed by atoms with Gasteiger partial charge in [0.05, 0.1) is 5.69 Å². The van der Waals surface area contributed by atoms with Crippen LogP contribution in [0, 0.1) is 0 Å². The van der Waals surface area contributed by atoms with Gasteiger partial charge in [-0.3, -0.25) is 0 Å². The number of imidazole rings is 1. The minimum atomic E-state index is 0.976. The first kappa shape index (κ1) is 15.6. The summed E-state index contributed by atoms with van der Waals surface area (Å²) in [4.78, 5) is 4.90. The molecule has 128 valence electrons. The molecule has 2 nitrogen and oxygen atoms in total. The van der Waals surface area contributed by atoms with Gasteiger partial charge < -0.3 is 4.40 Å². The molecular formula is C25H18N2. The molecule has 0 saturated carbocycles. The number of aromatic nitrogens is 2. The third-order valence-corrected chi connectivity index (χ3v) is 4.86. The van der Waals surface area contributed by atoms with Gasteiger partial charge in [0.25, 0.3) is 0 Å². The van der Waals surface area contributed by atoms with E-state index in [1.54, 1.807) is 0 Å². The normalized spacial score (nSPS) is 11.0. The van der Waals surface area contributed by atoms with Gasteiger partial charge in [-0.1, -0.05) is 84.9 Å². The van der Waals surface area contributed by atoms with E-state index in [9.17, 15) is 0 Å². The molecule has 0 atom stereocenters. The molecule has 0 aliphatic heterocycles. The minimum Gasteiger partial charge on any atom is -0.306 e. The van der Waals surface area contributed by atoms with Crippen molar-refractivity contribution in [2.75, 3.05) is 0 Å². The minimum absolute atomic E-state index is 0.976. The molecular weight excluding hydrogens is 328 g/mol. The van der Waals surface area contributed by atoms with Crippen molar-refractivity contribution in [2.45, 2.75) is 0 Å². The molecule has 0 radical (unpaired) electrons. The lowest BCUT2D eigenvalue weighted by Gasteiger charge is -2.06. The summed E-state index contributed by atoms with van der Waals surface area (Å²) in [6, 6.07) is 33.7. The Morgan fingerprint density at radius 1 is 0.519 bits per heavy atom. The molecule has 0 amide bonds. The van der Waals surface area contributed by atoms with Crippen LogP contribution in [0.15, 0.2) is 109 Å². The van der Waals surface area contributed by atoms with E-state index in [2.05, 4.69) is 89.6 Å². The molecule has 2 aromatic heterocycles. The molecule has 27 heavy (non-hydrogen) atoms. The topological polar surface area (TPSA) is 17.3 Å². The Kier molecular flexibility index (Phi) is 3.80. The van der Waals surface area contributed by atoms with Crippen molar-refractivity contribution in [3.63, 3.8) is 0 Å². The second-order valence-corrected chi connectivity index (χ2v) is 6.59. The molecule has 0 fully saturated rings. The van der Waals surface area contributed by atoms with Crippen LogP contribution in [0.2, 0.25) is 0 Å². The largest absolute Gasteiger partial charge is 0.306 e. The van der Waals surface area contributed by atoms with E-state index in [4.69, 9.17) is 4.98 Å². The predicted octanol–water partition coefficient (Wildman–Crippen LogP) is 6.34. The molecule has 0 saturated heterocycles. The second-order valence-electron chi connectivity index (χ2n) is 6.59. The van der Waals surface area contributed by atoms with Gasteiger partial charge in [-0.25, -0.2) is 4.98 Å². The van der Waals surface area contributed by atoms with Gasteiger partial charge in [-0.05, 0) is 28.8 Å². The van der Waals surface area contributed by atoms with Crippen molar-refractivity contribution >= 4 is 5.65 Å². The number of hydrogen-bond donors (Lipinski definition) is 0. The van der Waals surface area contributed by atoms with Crippen LogP contribution in [0.4, 0.5) is 0 Å². The fraction of sp³-hybridized carbons (Fsp3) is 0. The Morgan fingerprint density at radius 2 is 1.11 bits per heavy atom. The van der Waals surface area contributed by atoms with Crippen LogP contribution in [-0.2, 0) is 0 Å². The number of pyridine rings is 1. The maximum absolute atomic E-state index is 4.90. The van der Waals surface area contributed by atoms with Crippen molar-refractivity contribution < 1.29 is 0 Å². The average Bonchev–Trinajstić information content (AvgIpc) is 3.20. The van der Waals surface area contributed by atoms with Gasteiger partial charge in [-0.2, -0.15) is 0 Å². The molecule has 2 heteroatoms. The van der Waals surface area contributed by atoms with E-state index in [-0.39, 0.29) is 0 Å². The Hall–Kier alpha value is -3.65. The van der Waals surface area contributed by atoms with Crippen molar-refractivity contribution in [3.8, 4) is 33.5 Å². The number of hydrogen-bond acceptors (Lipinski definition) is 1. The number of fused-ring (bicyclic) bond motifs is 1. The van der Waals surface area contributed by atoms with Gasteiger partial charge in [0.2, 0.25) is 0 Å². The summed E-state index contributed by atoms with van der Waals surface area (Å²) >= 11 is 0. The highest BCUT2D eigenvalue weighted by atomic mass is 15.0. The van der Waals surface area contributed by atoms with Crippen LogP contribution in [0.25, 0.3) is 39.2 Å². The third kappa shape index (κ3) is 2.91. The fourth-order valence-corrected chi connectivity index (χ4v) is 3.46. The quantitative estimate of drug-likeness (QED) is 0.373. The molecule has 5 rings (SSSR count). The monoisotopic (exact) mass is 346 g/mol. The standard InChI is InChI=1S/C25H18N2/c1-3-8-19(9-4-1)20-13-15-21(16-14-20)23-12-7-17-27-18-24(26-25(23)27)22-10-5-2-6-11-22/h1-18H. The lowest BCUT2D eigenvalue weighted by molar-refractivity contribution is 1.19. The van der Waals surface area contributed by atoms with Gasteiger partial charge in [0, 0.05) is 23.5 Å². The fourth-order valence-electron chi connectivity index (χ4n) is 3.46. The summed E-state index contributed by atoms with van der Waals surface area (Å²) in [5.41, 5.74) is 7.86. The summed E-state index contributed by atoms with van der Waals surface area (Å²) in [6.07, 6.45) is 4.14. The highest BCUT2D eigenvalue weighted by Gasteiger charge is 2.09. The smallest absolute Gasteiger partial charge is 0.145 e. The van der Waals surface area contributed by atoms with Gasteiger partial charge in [0.1, 0.15) is 5.65 Å². The van der Waals surface area contributed by atoms with Crippen molar-refractivity contribution in [1.29, 1.82) is 0 Å². The van der Waals surface area contributed by atoms with E-state index in [0.717, 1.165) is 22.5 Å². The molecule has 2 heterocycles. The van der Waals surface area contributed by atoms with E-state index in [0.29, 0.717) is 0 Å². The van der Waals surface area contributed by atoms with Gasteiger partial charge >= 0.3 is 0 Å². The maximum atomic E-state index is 4.90. The maximum Gasteiger partial charge on any atom is 0.145 e. The average molecular weight is 346 g/mol. The van der Waals surface area contributed by atoms with Crippen molar-refractivity contribution in [1.82, 2.24) is 9.38 Å². The molecule has 0 aliphatic rings. The first-order valence-corrected chi connectivity index (χ1v) is 9.07. The highest BCUT2D eigenvalue weighted by molar-refractivity contribution is 5.81. The molecule has 0 bridgehead atoms. The van der Waals surface area contributed by atoms with Crippen LogP contribution in [0.5, 0.6) is 0 Å². The molecule has 0 N–H and O–H groups in total. The molecule has 0 spiro atoms. The number of rotatable bonds is 3. The summed E-state index contributed by atoms with van der Waals surface area (Å²) in [5, 5.41) is 0. The summed E-state index contributed by atoms with van der Waals surface area (Å²) < 4.78 is 2.10. The summed E-state index contributed by atoms with van der Waals surface area (Å²) in [5.74, 6) is 0. The molecule has 3 aromatic carbocycles. The van der Waals surface area contributed by atoms with Crippen molar-refractivity contribution in [2.24, 2.45) is 0 Å².